The number of Topliss-reactive ketones (excluding diaryl/α,β-unsaturated/α-hetero) is 1. The van der Waals surface area contributed by atoms with E-state index in [1.807, 2.05) is 0 Å². The number of esters is 1. The zero-order valence-electron chi connectivity index (χ0n) is 11.7. The lowest BCUT2D eigenvalue weighted by Crippen LogP contribution is -2.41. The van der Waals surface area contributed by atoms with E-state index in [9.17, 15) is 14.4 Å². The van der Waals surface area contributed by atoms with E-state index in [0.29, 0.717) is 0 Å². The Bertz CT molecular complexity index is 375. The van der Waals surface area contributed by atoms with Crippen molar-refractivity contribution in [2.24, 2.45) is 0 Å². The molecule has 1 fully saturated rings. The highest BCUT2D eigenvalue weighted by Gasteiger charge is 2.35. The lowest BCUT2D eigenvalue weighted by Gasteiger charge is -2.24. The van der Waals surface area contributed by atoms with Gasteiger partial charge in [-0.05, 0) is 20.8 Å². The van der Waals surface area contributed by atoms with Crippen LogP contribution in [-0.4, -0.2) is 61.1 Å². The third kappa shape index (κ3) is 4.86. The number of rotatable bonds is 3. The second kappa shape index (κ2) is 6.01. The summed E-state index contributed by atoms with van der Waals surface area (Å²) in [5.74, 6) is -0.599. The Morgan fingerprint density at radius 2 is 2.05 bits per heavy atom. The van der Waals surface area contributed by atoms with Crippen LogP contribution in [-0.2, 0) is 19.1 Å². The van der Waals surface area contributed by atoms with Gasteiger partial charge in [0.05, 0.1) is 26.2 Å². The van der Waals surface area contributed by atoms with Crippen LogP contribution >= 0.6 is 0 Å². The molecule has 1 saturated heterocycles. The summed E-state index contributed by atoms with van der Waals surface area (Å²) in [5, 5.41) is 2.76. The average molecular weight is 272 g/mol. The van der Waals surface area contributed by atoms with Crippen molar-refractivity contribution in [3.8, 4) is 0 Å². The van der Waals surface area contributed by atoms with E-state index in [0.717, 1.165) is 0 Å². The fraction of sp³-hybridized carbons (Fsp3) is 0.750. The second-order valence-corrected chi connectivity index (χ2v) is 5.34. The summed E-state index contributed by atoms with van der Waals surface area (Å²) in [5.41, 5.74) is -0.600. The minimum absolute atomic E-state index is 0.00620. The van der Waals surface area contributed by atoms with Gasteiger partial charge < -0.3 is 9.47 Å². The predicted molar refractivity (Wildman–Crippen MR) is 66.6 cm³/mol. The standard InChI is InChI=1S/C12H20N2O5/c1-12(2,3)19-11(17)14-6-8(9(15)7-14)13-5-10(16)18-4/h8,13H,5-7H2,1-4H3. The molecule has 0 bridgehead atoms. The van der Waals surface area contributed by atoms with Crippen molar-refractivity contribution in [2.45, 2.75) is 32.4 Å². The molecule has 0 aromatic rings. The zero-order valence-corrected chi connectivity index (χ0v) is 11.7. The molecular weight excluding hydrogens is 252 g/mol. The molecule has 1 amide bonds. The zero-order chi connectivity index (χ0) is 14.6. The van der Waals surface area contributed by atoms with Gasteiger partial charge in [0.25, 0.3) is 0 Å². The number of nitrogens with zero attached hydrogens (tertiary/aromatic N) is 1. The number of methoxy groups -OCH3 is 1. The van der Waals surface area contributed by atoms with Crippen LogP contribution in [0.25, 0.3) is 0 Å². The molecule has 0 spiro atoms. The van der Waals surface area contributed by atoms with Gasteiger partial charge in [0.1, 0.15) is 5.60 Å². The molecule has 1 aliphatic heterocycles. The molecular formula is C12H20N2O5. The summed E-state index contributed by atoms with van der Waals surface area (Å²) < 4.78 is 9.65. The van der Waals surface area contributed by atoms with E-state index >= 15 is 0 Å². The number of carbonyl (C=O) groups is 3. The van der Waals surface area contributed by atoms with E-state index in [-0.39, 0.29) is 25.4 Å². The summed E-state index contributed by atoms with van der Waals surface area (Å²) in [6, 6.07) is -0.549. The van der Waals surface area contributed by atoms with Crippen LogP contribution in [0, 0.1) is 0 Å². The normalized spacial score (nSPS) is 19.5. The molecule has 1 aliphatic rings. The summed E-state index contributed by atoms with van der Waals surface area (Å²) in [7, 11) is 1.27. The Morgan fingerprint density at radius 1 is 1.42 bits per heavy atom. The largest absolute Gasteiger partial charge is 0.468 e. The number of hydrogen-bond acceptors (Lipinski definition) is 6. The predicted octanol–water partition coefficient (Wildman–Crippen LogP) is -0.0626. The Morgan fingerprint density at radius 3 is 2.58 bits per heavy atom. The molecule has 1 heterocycles. The van der Waals surface area contributed by atoms with Crippen molar-refractivity contribution in [3.05, 3.63) is 0 Å². The van der Waals surface area contributed by atoms with Gasteiger partial charge in [0.2, 0.25) is 0 Å². The quantitative estimate of drug-likeness (QED) is 0.724. The monoisotopic (exact) mass is 272 g/mol. The molecule has 7 heteroatoms. The molecule has 108 valence electrons. The summed E-state index contributed by atoms with van der Waals surface area (Å²) in [6.07, 6.45) is -0.525. The van der Waals surface area contributed by atoms with Crippen LogP contribution < -0.4 is 5.32 Å². The number of amides is 1. The maximum atomic E-state index is 11.8. The van der Waals surface area contributed by atoms with E-state index in [1.165, 1.54) is 12.0 Å². The maximum absolute atomic E-state index is 11.8. The molecule has 0 radical (unpaired) electrons. The second-order valence-electron chi connectivity index (χ2n) is 5.34. The number of hydrogen-bond donors (Lipinski definition) is 1. The van der Waals surface area contributed by atoms with Gasteiger partial charge in [-0.15, -0.1) is 0 Å². The summed E-state index contributed by atoms with van der Waals surface area (Å²) in [6.45, 7) is 5.41. The van der Waals surface area contributed by atoms with Crippen LogP contribution in [0.2, 0.25) is 0 Å². The minimum atomic E-state index is -0.600. The Kier molecular flexibility index (Phi) is 4.88. The Balaban J connectivity index is 2.48. The molecule has 0 aromatic carbocycles. The first kappa shape index (κ1) is 15.4. The summed E-state index contributed by atoms with van der Waals surface area (Å²) in [4.78, 5) is 35.8. The molecule has 0 aliphatic carbocycles. The molecule has 1 atom stereocenters. The number of ketones is 1. The van der Waals surface area contributed by atoms with Crippen molar-refractivity contribution in [1.82, 2.24) is 10.2 Å². The fourth-order valence-electron chi connectivity index (χ4n) is 1.61. The van der Waals surface area contributed by atoms with E-state index in [1.54, 1.807) is 20.8 Å². The third-order valence-corrected chi connectivity index (χ3v) is 2.51. The van der Waals surface area contributed by atoms with Crippen LogP contribution in [0.4, 0.5) is 4.79 Å². The number of carbonyl (C=O) groups excluding carboxylic acids is 3. The van der Waals surface area contributed by atoms with Gasteiger partial charge in [0.15, 0.2) is 5.78 Å². The summed E-state index contributed by atoms with van der Waals surface area (Å²) >= 11 is 0. The van der Waals surface area contributed by atoms with Crippen molar-refractivity contribution in [3.63, 3.8) is 0 Å². The van der Waals surface area contributed by atoms with Crippen molar-refractivity contribution < 1.29 is 23.9 Å². The highest BCUT2D eigenvalue weighted by molar-refractivity contribution is 5.92. The number of nitrogens with one attached hydrogen (secondary N) is 1. The molecule has 7 nitrogen and oxygen atoms in total. The van der Waals surface area contributed by atoms with E-state index in [4.69, 9.17) is 4.74 Å². The van der Waals surface area contributed by atoms with E-state index in [2.05, 4.69) is 10.1 Å². The van der Waals surface area contributed by atoms with Crippen LogP contribution in [0.15, 0.2) is 0 Å². The first-order valence-electron chi connectivity index (χ1n) is 6.04. The molecule has 0 saturated carbocycles. The fourth-order valence-corrected chi connectivity index (χ4v) is 1.61. The number of likely N-dealkylation sites (tertiary alicyclic amines) is 1. The van der Waals surface area contributed by atoms with Gasteiger partial charge in [-0.2, -0.15) is 0 Å². The topological polar surface area (TPSA) is 84.9 Å². The average Bonchev–Trinajstić information content (AvgIpc) is 2.65. The first-order chi connectivity index (χ1) is 8.73. The minimum Gasteiger partial charge on any atom is -0.468 e. The molecule has 19 heavy (non-hydrogen) atoms. The lowest BCUT2D eigenvalue weighted by molar-refractivity contribution is -0.139. The Hall–Kier alpha value is -1.63. The van der Waals surface area contributed by atoms with Gasteiger partial charge in [-0.1, -0.05) is 0 Å². The molecule has 0 aromatic heterocycles. The van der Waals surface area contributed by atoms with Crippen LogP contribution in [0.3, 0.4) is 0 Å². The van der Waals surface area contributed by atoms with E-state index < -0.39 is 23.7 Å². The Labute approximate surface area is 112 Å². The van der Waals surface area contributed by atoms with Gasteiger partial charge in [-0.3, -0.25) is 19.8 Å². The van der Waals surface area contributed by atoms with Crippen molar-refractivity contribution >= 4 is 17.8 Å². The SMILES string of the molecule is COC(=O)CNC1CN(C(=O)OC(C)(C)C)CC1=O. The molecule has 1 rings (SSSR count). The highest BCUT2D eigenvalue weighted by Crippen LogP contribution is 2.13. The van der Waals surface area contributed by atoms with Crippen LogP contribution in [0.5, 0.6) is 0 Å². The number of ether oxygens (including phenoxy) is 2. The van der Waals surface area contributed by atoms with Gasteiger partial charge in [-0.25, -0.2) is 4.79 Å². The van der Waals surface area contributed by atoms with Gasteiger partial charge >= 0.3 is 12.1 Å². The van der Waals surface area contributed by atoms with Crippen LogP contribution in [0.1, 0.15) is 20.8 Å². The molecule has 1 unspecified atom stereocenters. The maximum Gasteiger partial charge on any atom is 0.410 e. The third-order valence-electron chi connectivity index (χ3n) is 2.51. The van der Waals surface area contributed by atoms with Crippen molar-refractivity contribution in [1.29, 1.82) is 0 Å². The highest BCUT2D eigenvalue weighted by atomic mass is 16.6. The lowest BCUT2D eigenvalue weighted by atomic mass is 10.2. The smallest absolute Gasteiger partial charge is 0.410 e. The van der Waals surface area contributed by atoms with Gasteiger partial charge in [0, 0.05) is 6.54 Å². The first-order valence-corrected chi connectivity index (χ1v) is 6.04. The molecule has 1 N–H and O–H groups in total. The van der Waals surface area contributed by atoms with Crippen molar-refractivity contribution in [2.75, 3.05) is 26.7 Å².